The molecule has 6 rings (SSSR count). The van der Waals surface area contributed by atoms with Gasteiger partial charge in [-0.15, -0.1) is 0 Å². The van der Waals surface area contributed by atoms with Crippen molar-refractivity contribution < 1.29 is 39.0 Å². The van der Waals surface area contributed by atoms with Gasteiger partial charge in [0, 0.05) is 49.3 Å². The van der Waals surface area contributed by atoms with Gasteiger partial charge in [0.1, 0.15) is 0 Å². The van der Waals surface area contributed by atoms with E-state index >= 15 is 0 Å². The molecule has 4 amide bonds. The van der Waals surface area contributed by atoms with Gasteiger partial charge < -0.3 is 19.8 Å². The molecule has 0 unspecified atom stereocenters. The molecule has 49 heavy (non-hydrogen) atoms. The number of rotatable bonds is 10. The van der Waals surface area contributed by atoms with Crippen LogP contribution in [0.15, 0.2) is 85.0 Å². The van der Waals surface area contributed by atoms with Gasteiger partial charge in [0.05, 0.1) is 0 Å². The number of aliphatic carboxylic acids is 2. The quantitative estimate of drug-likeness (QED) is 0.263. The van der Waals surface area contributed by atoms with Gasteiger partial charge in [-0.3, -0.25) is 29.0 Å². The minimum atomic E-state index is -0.988. The molecule has 11 heteroatoms. The first-order valence-electron chi connectivity index (χ1n) is 16.9. The molecule has 2 heterocycles. The SMILES string of the molecule is O=C([O-])C1CCC(CN2C(=O)C=CC2=O)CC1.O=C([O-])C1CCC(CN2C(=O)C=CC2=O)CC1.c1ccc([CH2][Sn+2][CH2]c2ccccc2)cc1. The summed E-state index contributed by atoms with van der Waals surface area (Å²) in [4.78, 5) is 69.2. The summed E-state index contributed by atoms with van der Waals surface area (Å²) >= 11 is -0.258. The number of carbonyl (C=O) groups is 6. The van der Waals surface area contributed by atoms with Crippen molar-refractivity contribution in [2.24, 2.45) is 23.7 Å². The second-order valence-corrected chi connectivity index (χ2v) is 16.3. The van der Waals surface area contributed by atoms with Crippen LogP contribution in [0.25, 0.3) is 0 Å². The number of carboxylic acids is 2. The van der Waals surface area contributed by atoms with Crippen LogP contribution < -0.4 is 10.2 Å². The fraction of sp³-hybridized carbons (Fsp3) is 0.421. The van der Waals surface area contributed by atoms with Gasteiger partial charge in [-0.05, 0) is 75.0 Å². The zero-order chi connectivity index (χ0) is 35.2. The first kappa shape index (κ1) is 37.8. The van der Waals surface area contributed by atoms with Gasteiger partial charge in [0.25, 0.3) is 23.6 Å². The Bertz CT molecular complexity index is 1360. The third kappa shape index (κ3) is 12.1. The van der Waals surface area contributed by atoms with E-state index in [1.165, 1.54) is 54.1 Å². The Labute approximate surface area is 297 Å². The molecule has 2 aromatic carbocycles. The van der Waals surface area contributed by atoms with Crippen molar-refractivity contribution in [1.29, 1.82) is 0 Å². The van der Waals surface area contributed by atoms with Crippen LogP contribution in [0.5, 0.6) is 0 Å². The molecule has 4 aliphatic rings. The molecule has 0 saturated heterocycles. The first-order chi connectivity index (χ1) is 23.6. The van der Waals surface area contributed by atoms with Crippen molar-refractivity contribution in [1.82, 2.24) is 9.80 Å². The van der Waals surface area contributed by atoms with Crippen LogP contribution in [0.1, 0.15) is 62.5 Å². The van der Waals surface area contributed by atoms with Crippen LogP contribution in [0, 0.1) is 23.7 Å². The summed E-state index contributed by atoms with van der Waals surface area (Å²) in [6.07, 6.45) is 10.3. The molecule has 256 valence electrons. The van der Waals surface area contributed by atoms with Crippen molar-refractivity contribution >= 4 is 56.7 Å². The normalized spacial score (nSPS) is 22.9. The van der Waals surface area contributed by atoms with Crippen molar-refractivity contribution in [2.75, 3.05) is 13.1 Å². The van der Waals surface area contributed by atoms with Crippen LogP contribution in [-0.4, -0.2) is 79.6 Å². The molecule has 0 aromatic heterocycles. The van der Waals surface area contributed by atoms with Crippen molar-refractivity contribution in [3.8, 4) is 0 Å². The molecule has 0 spiro atoms. The Kier molecular flexibility index (Phi) is 14.8. The Morgan fingerprint density at radius 3 is 1.12 bits per heavy atom. The zero-order valence-corrected chi connectivity index (χ0v) is 30.4. The van der Waals surface area contributed by atoms with Crippen molar-refractivity contribution in [2.45, 2.75) is 60.2 Å². The fourth-order valence-corrected chi connectivity index (χ4v) is 9.79. The summed E-state index contributed by atoms with van der Waals surface area (Å²) < 4.78 is 2.69. The Morgan fingerprint density at radius 2 is 0.837 bits per heavy atom. The van der Waals surface area contributed by atoms with Crippen molar-refractivity contribution in [3.05, 3.63) is 96.1 Å². The van der Waals surface area contributed by atoms with Gasteiger partial charge in [-0.25, -0.2) is 0 Å². The van der Waals surface area contributed by atoms with E-state index in [1.54, 1.807) is 0 Å². The van der Waals surface area contributed by atoms with Gasteiger partial charge >= 0.3 is 102 Å². The van der Waals surface area contributed by atoms with E-state index in [0.29, 0.717) is 38.8 Å². The summed E-state index contributed by atoms with van der Waals surface area (Å²) in [5.74, 6) is -3.33. The summed E-state index contributed by atoms with van der Waals surface area (Å²) in [6.45, 7) is 0.814. The van der Waals surface area contributed by atoms with E-state index in [0.717, 1.165) is 25.7 Å². The monoisotopic (exact) mass is 774 g/mol. The molecule has 10 nitrogen and oxygen atoms in total. The second kappa shape index (κ2) is 19.2. The van der Waals surface area contributed by atoms with E-state index in [9.17, 15) is 39.0 Å². The third-order valence-corrected chi connectivity index (χ3v) is 13.1. The number of hydrogen-bond donors (Lipinski definition) is 0. The van der Waals surface area contributed by atoms with Gasteiger partial charge in [0.15, 0.2) is 0 Å². The van der Waals surface area contributed by atoms with Gasteiger partial charge in [0.2, 0.25) is 0 Å². The molecule has 0 bridgehead atoms. The van der Waals surface area contributed by atoms with E-state index in [1.807, 2.05) is 0 Å². The number of carbonyl (C=O) groups excluding carboxylic acids is 6. The maximum atomic E-state index is 11.3. The summed E-state index contributed by atoms with van der Waals surface area (Å²) in [7, 11) is 0. The van der Waals surface area contributed by atoms with E-state index in [-0.39, 0.29) is 68.4 Å². The van der Waals surface area contributed by atoms with Gasteiger partial charge in [-0.2, -0.15) is 0 Å². The molecule has 0 radical (unpaired) electrons. The number of amides is 4. The van der Waals surface area contributed by atoms with Gasteiger partial charge in [-0.1, -0.05) is 0 Å². The van der Waals surface area contributed by atoms with Crippen LogP contribution in [-0.2, 0) is 37.6 Å². The standard InChI is InChI=1S/2C12H15NO4.2C7H7.Sn/c2*14-10-5-6-11(15)13(10)7-8-1-3-9(4-2-8)12(16)17;2*1-7-5-3-2-4-6-7;/h2*5-6,8-9H,1-4,7H2,(H,16,17);2*2-6H,1H2;/q;;;;+2/p-2. The van der Waals surface area contributed by atoms with E-state index < -0.39 is 11.9 Å². The molecule has 0 N–H and O–H groups in total. The predicted octanol–water partition coefficient (Wildman–Crippen LogP) is 2.03. The number of imide groups is 2. The van der Waals surface area contributed by atoms with Crippen LogP contribution in [0.3, 0.4) is 0 Å². The molecule has 2 fully saturated rings. The Balaban J connectivity index is 0.000000166. The average Bonchev–Trinajstić information content (AvgIpc) is 3.60. The zero-order valence-electron chi connectivity index (χ0n) is 27.5. The summed E-state index contributed by atoms with van der Waals surface area (Å²) in [6, 6.07) is 21.7. The van der Waals surface area contributed by atoms with E-state index in [2.05, 4.69) is 60.7 Å². The van der Waals surface area contributed by atoms with Crippen LogP contribution in [0.2, 0.25) is 0 Å². The minimum absolute atomic E-state index is 0.221. The number of benzene rings is 2. The van der Waals surface area contributed by atoms with Crippen LogP contribution in [0.4, 0.5) is 0 Å². The topological polar surface area (TPSA) is 155 Å². The maximum absolute atomic E-state index is 11.3. The fourth-order valence-electron chi connectivity index (χ4n) is 6.44. The predicted molar refractivity (Wildman–Crippen MR) is 179 cm³/mol. The molecular formula is C38H42N2O8Sn. The average molecular weight is 773 g/mol. The molecule has 2 aromatic rings. The van der Waals surface area contributed by atoms with Crippen molar-refractivity contribution in [3.63, 3.8) is 0 Å². The molecule has 2 aliphatic carbocycles. The number of carboxylic acid groups (broad SMARTS) is 2. The number of nitrogens with zero attached hydrogens (tertiary/aromatic N) is 2. The number of hydrogen-bond acceptors (Lipinski definition) is 8. The summed E-state index contributed by atoms with van der Waals surface area (Å²) in [5.41, 5.74) is 3.03. The Hall–Kier alpha value is -4.06. The molecule has 0 atom stereocenters. The first-order valence-corrected chi connectivity index (χ1v) is 20.9. The van der Waals surface area contributed by atoms with E-state index in [4.69, 9.17) is 0 Å². The second-order valence-electron chi connectivity index (χ2n) is 12.9. The van der Waals surface area contributed by atoms with Crippen LogP contribution >= 0.6 is 0 Å². The molecular weight excluding hydrogens is 731 g/mol. The molecule has 2 aliphatic heterocycles. The summed E-state index contributed by atoms with van der Waals surface area (Å²) in [5, 5.41) is 21.3. The third-order valence-electron chi connectivity index (χ3n) is 9.39. The Morgan fingerprint density at radius 1 is 0.531 bits per heavy atom. The molecule has 2 saturated carbocycles.